The maximum atomic E-state index is 12.3. The van der Waals surface area contributed by atoms with Crippen molar-refractivity contribution >= 4 is 13.4 Å². The third-order valence-electron chi connectivity index (χ3n) is 1.54. The van der Waals surface area contributed by atoms with E-state index in [1.807, 2.05) is 27.7 Å². The second-order valence-electron chi connectivity index (χ2n) is 4.29. The van der Waals surface area contributed by atoms with E-state index in [-0.39, 0.29) is 24.9 Å². The van der Waals surface area contributed by atoms with Crippen molar-refractivity contribution in [2.75, 3.05) is 12.8 Å². The van der Waals surface area contributed by atoms with Crippen LogP contribution >= 0.6 is 7.44 Å². The summed E-state index contributed by atoms with van der Waals surface area (Å²) in [5.74, 6) is -0.958. The van der Waals surface area contributed by atoms with E-state index in [2.05, 4.69) is 15.5 Å². The quantitative estimate of drug-likeness (QED) is 0.477. The van der Waals surface area contributed by atoms with Crippen molar-refractivity contribution < 1.29 is 14.5 Å². The van der Waals surface area contributed by atoms with Gasteiger partial charge in [-0.3, -0.25) is 24.9 Å². The van der Waals surface area contributed by atoms with Gasteiger partial charge in [0.25, 0.3) is 0 Å². The zero-order valence-corrected chi connectivity index (χ0v) is 11.2. The zero-order chi connectivity index (χ0) is 12.8. The summed E-state index contributed by atoms with van der Waals surface area (Å²) in [7, 11) is -2.76. The molecule has 0 saturated carbocycles. The van der Waals surface area contributed by atoms with Crippen molar-refractivity contribution in [3.05, 3.63) is 0 Å². The number of rotatable bonds is 8. The van der Waals surface area contributed by atoms with E-state index in [1.54, 1.807) is 0 Å². The summed E-state index contributed by atoms with van der Waals surface area (Å²) in [6.07, 6.45) is 0.121. The summed E-state index contributed by atoms with van der Waals surface area (Å²) in [6, 6.07) is 0.146. The summed E-state index contributed by atoms with van der Waals surface area (Å²) >= 11 is 0. The third-order valence-corrected chi connectivity index (χ3v) is 4.08. The molecule has 0 radical (unpaired) electrons. The minimum atomic E-state index is -2.76. The van der Waals surface area contributed by atoms with Crippen LogP contribution in [-0.4, -0.2) is 36.0 Å². The molecule has 0 atom stereocenters. The van der Waals surface area contributed by atoms with Gasteiger partial charge in [0, 0.05) is 12.1 Å². The van der Waals surface area contributed by atoms with Crippen LogP contribution in [0.5, 0.6) is 0 Å². The Bertz CT molecular complexity index is 255. The van der Waals surface area contributed by atoms with E-state index in [4.69, 9.17) is 5.11 Å². The molecule has 0 unspecified atom stereocenters. The van der Waals surface area contributed by atoms with Gasteiger partial charge in [-0.05, 0) is 27.7 Å². The Hall–Kier alpha value is -0.420. The number of aliphatic carboxylic acids is 1. The molecule has 0 heterocycles. The lowest BCUT2D eigenvalue weighted by Crippen LogP contribution is -2.37. The molecular weight excluding hydrogens is 229 g/mol. The molecule has 6 nitrogen and oxygen atoms in total. The monoisotopic (exact) mass is 251 g/mol. The smallest absolute Gasteiger partial charge is 0.317 e. The molecule has 0 aliphatic carbocycles. The van der Waals surface area contributed by atoms with Gasteiger partial charge in [0.15, 0.2) is 0 Å². The van der Waals surface area contributed by atoms with Gasteiger partial charge in [0.1, 0.15) is 0 Å². The van der Waals surface area contributed by atoms with Crippen molar-refractivity contribution in [1.82, 2.24) is 15.5 Å². The molecule has 7 heteroatoms. The van der Waals surface area contributed by atoms with Crippen LogP contribution in [0.3, 0.4) is 0 Å². The van der Waals surface area contributed by atoms with Crippen molar-refractivity contribution in [3.63, 3.8) is 0 Å². The highest BCUT2D eigenvalue weighted by Gasteiger charge is 2.23. The molecule has 0 aromatic carbocycles. The van der Waals surface area contributed by atoms with Gasteiger partial charge in [0.2, 0.25) is 7.44 Å². The van der Waals surface area contributed by atoms with Crippen LogP contribution in [-0.2, 0) is 9.36 Å². The predicted molar refractivity (Wildman–Crippen MR) is 64.7 cm³/mol. The largest absolute Gasteiger partial charge is 0.480 e. The van der Waals surface area contributed by atoms with Crippen molar-refractivity contribution in [2.45, 2.75) is 39.8 Å². The Labute approximate surface area is 96.7 Å². The van der Waals surface area contributed by atoms with Gasteiger partial charge in [-0.15, -0.1) is 0 Å². The Morgan fingerprint density at radius 1 is 1.19 bits per heavy atom. The molecule has 0 amide bonds. The molecule has 0 spiro atoms. The summed E-state index contributed by atoms with van der Waals surface area (Å²) in [6.45, 7) is 7.39. The highest BCUT2D eigenvalue weighted by molar-refractivity contribution is 7.59. The van der Waals surface area contributed by atoms with Gasteiger partial charge in [-0.2, -0.15) is 0 Å². The first-order chi connectivity index (χ1) is 7.25. The van der Waals surface area contributed by atoms with Gasteiger partial charge in [0.05, 0.1) is 12.8 Å². The lowest BCUT2D eigenvalue weighted by Gasteiger charge is -2.25. The highest BCUT2D eigenvalue weighted by atomic mass is 31.2. The van der Waals surface area contributed by atoms with Crippen LogP contribution < -0.4 is 15.5 Å². The Morgan fingerprint density at radius 2 is 1.62 bits per heavy atom. The summed E-state index contributed by atoms with van der Waals surface area (Å²) in [5.41, 5.74) is 0. The fourth-order valence-corrected chi connectivity index (χ4v) is 3.64. The van der Waals surface area contributed by atoms with E-state index in [1.165, 1.54) is 0 Å². The van der Waals surface area contributed by atoms with Crippen molar-refractivity contribution in [3.8, 4) is 0 Å². The molecule has 0 saturated heterocycles. The molecule has 96 valence electrons. The van der Waals surface area contributed by atoms with Crippen LogP contribution in [0.25, 0.3) is 0 Å². The Balaban J connectivity index is 4.30. The zero-order valence-electron chi connectivity index (χ0n) is 10.3. The summed E-state index contributed by atoms with van der Waals surface area (Å²) in [5, 5.41) is 17.0. The van der Waals surface area contributed by atoms with Crippen molar-refractivity contribution in [2.24, 2.45) is 0 Å². The maximum Gasteiger partial charge on any atom is 0.317 e. The van der Waals surface area contributed by atoms with Crippen LogP contribution in [0.2, 0.25) is 0 Å². The Kier molecular flexibility index (Phi) is 6.83. The van der Waals surface area contributed by atoms with E-state index < -0.39 is 13.4 Å². The SMILES string of the molecule is CC(C)NP(=O)(CNCC(=O)O)NC(C)C. The van der Waals surface area contributed by atoms with Crippen molar-refractivity contribution in [1.29, 1.82) is 0 Å². The van der Waals surface area contributed by atoms with E-state index >= 15 is 0 Å². The second-order valence-corrected chi connectivity index (χ2v) is 6.60. The van der Waals surface area contributed by atoms with Crippen LogP contribution in [0, 0.1) is 0 Å². The fourth-order valence-electron chi connectivity index (χ4n) is 1.28. The first-order valence-electron chi connectivity index (χ1n) is 5.32. The highest BCUT2D eigenvalue weighted by Crippen LogP contribution is 2.35. The van der Waals surface area contributed by atoms with Gasteiger partial charge >= 0.3 is 5.97 Å². The second kappa shape index (κ2) is 7.01. The minimum Gasteiger partial charge on any atom is -0.480 e. The van der Waals surface area contributed by atoms with E-state index in [0.717, 1.165) is 0 Å². The first-order valence-corrected chi connectivity index (χ1v) is 7.21. The normalized spacial score (nSPS) is 12.4. The summed E-state index contributed by atoms with van der Waals surface area (Å²) in [4.78, 5) is 10.3. The average Bonchev–Trinajstić information content (AvgIpc) is 1.98. The molecule has 0 aliphatic heterocycles. The molecule has 0 aromatic heterocycles. The molecule has 0 fully saturated rings. The van der Waals surface area contributed by atoms with Gasteiger partial charge in [-0.25, -0.2) is 0 Å². The molecular formula is C9H22N3O3P. The molecule has 0 aromatic rings. The molecule has 0 bridgehead atoms. The fraction of sp³-hybridized carbons (Fsp3) is 0.889. The topological polar surface area (TPSA) is 90.5 Å². The summed E-state index contributed by atoms with van der Waals surface area (Å²) < 4.78 is 12.3. The van der Waals surface area contributed by atoms with Crippen LogP contribution in [0.15, 0.2) is 0 Å². The van der Waals surface area contributed by atoms with Gasteiger partial charge in [-0.1, -0.05) is 0 Å². The minimum absolute atomic E-state index is 0.0729. The number of nitrogens with one attached hydrogen (secondary N) is 3. The molecule has 4 N–H and O–H groups in total. The van der Waals surface area contributed by atoms with Gasteiger partial charge < -0.3 is 5.11 Å². The Morgan fingerprint density at radius 3 is 1.94 bits per heavy atom. The van der Waals surface area contributed by atoms with Crippen LogP contribution in [0.1, 0.15) is 27.7 Å². The average molecular weight is 251 g/mol. The number of carbonyl (C=O) groups is 1. The maximum absolute atomic E-state index is 12.3. The molecule has 0 aliphatic rings. The number of hydrogen-bond donors (Lipinski definition) is 4. The first kappa shape index (κ1) is 15.6. The predicted octanol–water partition coefficient (Wildman–Crippen LogP) is 0.807. The number of hydrogen-bond acceptors (Lipinski definition) is 3. The van der Waals surface area contributed by atoms with E-state index in [0.29, 0.717) is 0 Å². The molecule has 0 rings (SSSR count). The third kappa shape index (κ3) is 7.82. The number of carboxylic acid groups (broad SMARTS) is 1. The lowest BCUT2D eigenvalue weighted by atomic mass is 10.4. The standard InChI is InChI=1S/C9H22N3O3P/c1-7(2)11-16(15,12-8(3)4)6-10-5-9(13)14/h7-8,10H,5-6H2,1-4H3,(H,13,14)(H2,11,12,15). The van der Waals surface area contributed by atoms with E-state index in [9.17, 15) is 9.36 Å². The van der Waals surface area contributed by atoms with Crippen LogP contribution in [0.4, 0.5) is 0 Å². The number of carboxylic acids is 1. The molecule has 16 heavy (non-hydrogen) atoms. The lowest BCUT2D eigenvalue weighted by molar-refractivity contribution is -0.135.